The molecule has 0 aliphatic rings. The molecule has 0 saturated carbocycles. The molecule has 0 spiro atoms. The molecule has 0 bridgehead atoms. The first-order valence-electron chi connectivity index (χ1n) is 8.89. The van der Waals surface area contributed by atoms with Crippen molar-refractivity contribution in [1.29, 1.82) is 0 Å². The molecule has 2 N–H and O–H groups in total. The Bertz CT molecular complexity index is 909. The topological polar surface area (TPSA) is 66.9 Å². The van der Waals surface area contributed by atoms with Crippen LogP contribution in [0.1, 0.15) is 42.4 Å². The van der Waals surface area contributed by atoms with Crippen molar-refractivity contribution in [3.63, 3.8) is 0 Å². The highest BCUT2D eigenvalue weighted by Gasteiger charge is 2.14. The minimum atomic E-state index is -0.284. The summed E-state index contributed by atoms with van der Waals surface area (Å²) in [6.07, 6.45) is 3.02. The van der Waals surface area contributed by atoms with E-state index in [-0.39, 0.29) is 17.0 Å². The summed E-state index contributed by atoms with van der Waals surface area (Å²) >= 11 is 0. The van der Waals surface area contributed by atoms with Gasteiger partial charge in [0.1, 0.15) is 11.5 Å². The van der Waals surface area contributed by atoms with E-state index in [0.717, 1.165) is 11.4 Å². The summed E-state index contributed by atoms with van der Waals surface area (Å²) < 4.78 is 0. The van der Waals surface area contributed by atoms with Crippen molar-refractivity contribution in [2.24, 2.45) is 0 Å². The monoisotopic (exact) mass is 360 g/mol. The Kier molecular flexibility index (Phi) is 5.21. The van der Waals surface area contributed by atoms with Gasteiger partial charge in [-0.25, -0.2) is 9.97 Å². The molecule has 0 fully saturated rings. The van der Waals surface area contributed by atoms with Gasteiger partial charge in [-0.2, -0.15) is 0 Å². The van der Waals surface area contributed by atoms with Gasteiger partial charge in [-0.05, 0) is 42.2 Å². The summed E-state index contributed by atoms with van der Waals surface area (Å²) in [6, 6.07) is 15.8. The maximum atomic E-state index is 12.4. The van der Waals surface area contributed by atoms with Crippen LogP contribution < -0.4 is 10.6 Å². The lowest BCUT2D eigenvalue weighted by Gasteiger charge is -2.19. The van der Waals surface area contributed by atoms with Gasteiger partial charge in [-0.3, -0.25) is 4.79 Å². The van der Waals surface area contributed by atoms with Gasteiger partial charge in [0.2, 0.25) is 0 Å². The van der Waals surface area contributed by atoms with E-state index in [9.17, 15) is 4.79 Å². The second-order valence-electron chi connectivity index (χ2n) is 7.56. The number of hydrogen-bond donors (Lipinski definition) is 2. The maximum Gasteiger partial charge on any atom is 0.275 e. The highest BCUT2D eigenvalue weighted by atomic mass is 16.1. The van der Waals surface area contributed by atoms with Crippen LogP contribution in [0.3, 0.4) is 0 Å². The molecule has 3 aromatic rings. The Morgan fingerprint density at radius 2 is 1.48 bits per heavy atom. The van der Waals surface area contributed by atoms with E-state index in [1.54, 1.807) is 6.20 Å². The van der Waals surface area contributed by atoms with Crippen LogP contribution in [0.25, 0.3) is 0 Å². The second kappa shape index (κ2) is 7.58. The summed E-state index contributed by atoms with van der Waals surface area (Å²) in [5.41, 5.74) is 4.40. The molecule has 3 rings (SSSR count). The Balaban J connectivity index is 1.64. The van der Waals surface area contributed by atoms with Crippen LogP contribution in [0.15, 0.2) is 60.9 Å². The van der Waals surface area contributed by atoms with E-state index in [2.05, 4.69) is 41.4 Å². The molecule has 1 amide bonds. The van der Waals surface area contributed by atoms with Crippen LogP contribution in [0.2, 0.25) is 0 Å². The molecule has 1 heterocycles. The molecule has 138 valence electrons. The van der Waals surface area contributed by atoms with E-state index in [4.69, 9.17) is 0 Å². The standard InChI is InChI=1S/C22H24N4O/c1-15-5-9-17(10-6-15)25-20-14-23-19(13-24-20)21(27)26-18-11-7-16(8-12-18)22(2,3)4/h5-14H,1-4H3,(H,24,25)(H,26,27). The Morgan fingerprint density at radius 3 is 2.04 bits per heavy atom. The summed E-state index contributed by atoms with van der Waals surface area (Å²) in [5.74, 6) is 0.304. The number of nitrogens with zero attached hydrogens (tertiary/aromatic N) is 2. The highest BCUT2D eigenvalue weighted by Crippen LogP contribution is 2.23. The van der Waals surface area contributed by atoms with E-state index >= 15 is 0 Å². The average molecular weight is 360 g/mol. The summed E-state index contributed by atoms with van der Waals surface area (Å²) in [4.78, 5) is 20.8. The van der Waals surface area contributed by atoms with Gasteiger partial charge in [-0.15, -0.1) is 0 Å². The number of rotatable bonds is 4. The number of amides is 1. The third-order valence-electron chi connectivity index (χ3n) is 4.22. The van der Waals surface area contributed by atoms with Crippen LogP contribution in [0.5, 0.6) is 0 Å². The van der Waals surface area contributed by atoms with Crippen LogP contribution in [-0.2, 0) is 5.41 Å². The van der Waals surface area contributed by atoms with Crippen molar-refractivity contribution < 1.29 is 4.79 Å². The van der Waals surface area contributed by atoms with Gasteiger partial charge >= 0.3 is 0 Å². The van der Waals surface area contributed by atoms with Crippen molar-refractivity contribution in [3.8, 4) is 0 Å². The maximum absolute atomic E-state index is 12.4. The SMILES string of the molecule is Cc1ccc(Nc2cnc(C(=O)Nc3ccc(C(C)(C)C)cc3)cn2)cc1. The number of hydrogen-bond acceptors (Lipinski definition) is 4. The van der Waals surface area contributed by atoms with Crippen LogP contribution >= 0.6 is 0 Å². The Labute approximate surface area is 159 Å². The van der Waals surface area contributed by atoms with Crippen molar-refractivity contribution >= 4 is 23.1 Å². The third-order valence-corrected chi connectivity index (χ3v) is 4.22. The van der Waals surface area contributed by atoms with Crippen molar-refractivity contribution in [2.45, 2.75) is 33.1 Å². The number of benzene rings is 2. The lowest BCUT2D eigenvalue weighted by atomic mass is 9.87. The number of carbonyl (C=O) groups excluding carboxylic acids is 1. The molecule has 0 unspecified atom stereocenters. The smallest absolute Gasteiger partial charge is 0.275 e. The Morgan fingerprint density at radius 1 is 0.852 bits per heavy atom. The fourth-order valence-electron chi connectivity index (χ4n) is 2.54. The zero-order valence-corrected chi connectivity index (χ0v) is 16.1. The molecule has 5 heteroatoms. The first kappa shape index (κ1) is 18.6. The van der Waals surface area contributed by atoms with Gasteiger partial charge in [0.25, 0.3) is 5.91 Å². The third kappa shape index (κ3) is 4.91. The number of nitrogens with one attached hydrogen (secondary N) is 2. The zero-order valence-electron chi connectivity index (χ0n) is 16.1. The predicted octanol–water partition coefficient (Wildman–Crippen LogP) is 5.08. The Hall–Kier alpha value is -3.21. The average Bonchev–Trinajstić information content (AvgIpc) is 2.64. The molecular formula is C22H24N4O. The van der Waals surface area contributed by atoms with E-state index in [1.807, 2.05) is 55.5 Å². The lowest BCUT2D eigenvalue weighted by Crippen LogP contribution is -2.15. The molecular weight excluding hydrogens is 336 g/mol. The van der Waals surface area contributed by atoms with Gasteiger partial charge in [0, 0.05) is 11.4 Å². The van der Waals surface area contributed by atoms with E-state index < -0.39 is 0 Å². The van der Waals surface area contributed by atoms with E-state index in [0.29, 0.717) is 5.82 Å². The molecule has 0 radical (unpaired) electrons. The van der Waals surface area contributed by atoms with Crippen LogP contribution in [-0.4, -0.2) is 15.9 Å². The minimum absolute atomic E-state index is 0.0777. The highest BCUT2D eigenvalue weighted by molar-refractivity contribution is 6.02. The number of aryl methyl sites for hydroxylation is 1. The van der Waals surface area contributed by atoms with Crippen molar-refractivity contribution in [3.05, 3.63) is 77.7 Å². The molecule has 2 aromatic carbocycles. The largest absolute Gasteiger partial charge is 0.339 e. The van der Waals surface area contributed by atoms with Crippen LogP contribution in [0.4, 0.5) is 17.2 Å². The lowest BCUT2D eigenvalue weighted by molar-refractivity contribution is 0.102. The normalized spacial score (nSPS) is 11.1. The fraction of sp³-hybridized carbons (Fsp3) is 0.227. The summed E-state index contributed by atoms with van der Waals surface area (Å²) in [6.45, 7) is 8.50. The van der Waals surface area contributed by atoms with Crippen LogP contribution in [0, 0.1) is 6.92 Å². The van der Waals surface area contributed by atoms with Gasteiger partial charge in [0.05, 0.1) is 12.4 Å². The summed E-state index contributed by atoms with van der Waals surface area (Å²) in [7, 11) is 0. The molecule has 0 aliphatic heterocycles. The first-order chi connectivity index (χ1) is 12.8. The zero-order chi connectivity index (χ0) is 19.4. The molecule has 0 aliphatic carbocycles. The first-order valence-corrected chi connectivity index (χ1v) is 8.89. The molecule has 0 atom stereocenters. The molecule has 5 nitrogen and oxygen atoms in total. The van der Waals surface area contributed by atoms with Crippen molar-refractivity contribution in [1.82, 2.24) is 9.97 Å². The number of aromatic nitrogens is 2. The molecule has 0 saturated heterocycles. The minimum Gasteiger partial charge on any atom is -0.339 e. The number of anilines is 3. The van der Waals surface area contributed by atoms with Crippen molar-refractivity contribution in [2.75, 3.05) is 10.6 Å². The van der Waals surface area contributed by atoms with Gasteiger partial charge < -0.3 is 10.6 Å². The quantitative estimate of drug-likeness (QED) is 0.681. The van der Waals surface area contributed by atoms with E-state index in [1.165, 1.54) is 17.3 Å². The number of carbonyl (C=O) groups is 1. The predicted molar refractivity (Wildman–Crippen MR) is 110 cm³/mol. The van der Waals surface area contributed by atoms with Gasteiger partial charge in [-0.1, -0.05) is 50.6 Å². The molecule has 1 aromatic heterocycles. The second-order valence-corrected chi connectivity index (χ2v) is 7.56. The van der Waals surface area contributed by atoms with Gasteiger partial charge in [0.15, 0.2) is 0 Å². The fourth-order valence-corrected chi connectivity index (χ4v) is 2.54. The summed E-state index contributed by atoms with van der Waals surface area (Å²) in [5, 5.41) is 6.01. The molecule has 27 heavy (non-hydrogen) atoms.